The average Bonchev–Trinajstić information content (AvgIpc) is 3.20. The van der Waals surface area contributed by atoms with E-state index in [-0.39, 0.29) is 18.2 Å². The zero-order valence-electron chi connectivity index (χ0n) is 17.0. The molecule has 0 atom stereocenters. The third-order valence-electron chi connectivity index (χ3n) is 4.84. The number of amides is 1. The second kappa shape index (κ2) is 12.1. The number of alkyl halides is 2. The number of carbonyl (C=O) groups is 1. The molecule has 162 valence electrons. The molecule has 0 bridgehead atoms. The fourth-order valence-electron chi connectivity index (χ4n) is 3.36. The van der Waals surface area contributed by atoms with Crippen molar-refractivity contribution in [3.63, 3.8) is 0 Å². The first-order chi connectivity index (χ1) is 14.0. The maximum atomic E-state index is 12.6. The van der Waals surface area contributed by atoms with E-state index in [1.54, 1.807) is 19.2 Å². The summed E-state index contributed by atoms with van der Waals surface area (Å²) in [5.74, 6) is 1.69. The van der Waals surface area contributed by atoms with Crippen LogP contribution in [-0.2, 0) is 11.3 Å². The van der Waals surface area contributed by atoms with Gasteiger partial charge in [0, 0.05) is 38.7 Å². The van der Waals surface area contributed by atoms with Crippen LogP contribution in [0.2, 0.25) is 0 Å². The highest BCUT2D eigenvalue weighted by Crippen LogP contribution is 2.27. The number of ether oxygens (including phenoxy) is 2. The van der Waals surface area contributed by atoms with Crippen LogP contribution in [0.4, 0.5) is 8.78 Å². The van der Waals surface area contributed by atoms with Crippen LogP contribution in [0.5, 0.6) is 11.5 Å². The van der Waals surface area contributed by atoms with Gasteiger partial charge in [-0.15, -0.1) is 0 Å². The van der Waals surface area contributed by atoms with Gasteiger partial charge in [0.15, 0.2) is 5.96 Å². The van der Waals surface area contributed by atoms with E-state index in [0.717, 1.165) is 12.8 Å². The summed E-state index contributed by atoms with van der Waals surface area (Å²) >= 11 is 0. The molecule has 1 aliphatic rings. The molecule has 1 aromatic carbocycles. The third kappa shape index (κ3) is 8.13. The predicted octanol–water partition coefficient (Wildman–Crippen LogP) is 2.66. The molecule has 0 aromatic heterocycles. The van der Waals surface area contributed by atoms with Crippen molar-refractivity contribution in [2.24, 2.45) is 10.9 Å². The van der Waals surface area contributed by atoms with E-state index in [4.69, 9.17) is 4.74 Å². The van der Waals surface area contributed by atoms with Crippen molar-refractivity contribution in [3.8, 4) is 11.5 Å². The summed E-state index contributed by atoms with van der Waals surface area (Å²) in [6.45, 7) is -1.72. The molecule has 1 aromatic rings. The van der Waals surface area contributed by atoms with Gasteiger partial charge in [0.1, 0.15) is 11.5 Å². The molecule has 29 heavy (non-hydrogen) atoms. The normalized spacial score (nSPS) is 14.7. The molecule has 0 spiro atoms. The number of methoxy groups -OCH3 is 1. The van der Waals surface area contributed by atoms with Gasteiger partial charge < -0.3 is 25.4 Å². The van der Waals surface area contributed by atoms with E-state index >= 15 is 0 Å². The highest BCUT2D eigenvalue weighted by Gasteiger charge is 2.18. The minimum atomic E-state index is -2.91. The Balaban J connectivity index is 1.76. The molecule has 7 nitrogen and oxygen atoms in total. The van der Waals surface area contributed by atoms with Crippen molar-refractivity contribution in [2.75, 3.05) is 27.2 Å². The fourth-order valence-corrected chi connectivity index (χ4v) is 3.36. The molecular weight excluding hydrogens is 382 g/mol. The predicted molar refractivity (Wildman–Crippen MR) is 107 cm³/mol. The Bertz CT molecular complexity index is 680. The molecule has 2 rings (SSSR count). The Hall–Kier alpha value is -2.58. The first-order valence-electron chi connectivity index (χ1n) is 9.84. The number of hydrogen-bond donors (Lipinski definition) is 3. The molecular formula is C20H30F2N4O3. The van der Waals surface area contributed by atoms with Crippen LogP contribution in [0.3, 0.4) is 0 Å². The number of hydrogen-bond acceptors (Lipinski definition) is 4. The summed E-state index contributed by atoms with van der Waals surface area (Å²) < 4.78 is 34.9. The number of halogens is 2. The smallest absolute Gasteiger partial charge is 0.387 e. The van der Waals surface area contributed by atoms with Gasteiger partial charge in [-0.3, -0.25) is 9.79 Å². The number of nitrogens with one attached hydrogen (secondary N) is 3. The van der Waals surface area contributed by atoms with Crippen LogP contribution in [0.25, 0.3) is 0 Å². The molecule has 0 aliphatic heterocycles. The van der Waals surface area contributed by atoms with Crippen LogP contribution < -0.4 is 25.4 Å². The molecule has 1 amide bonds. The summed E-state index contributed by atoms with van der Waals surface area (Å²) in [5, 5.41) is 9.03. The van der Waals surface area contributed by atoms with Gasteiger partial charge in [0.05, 0.1) is 7.11 Å². The highest BCUT2D eigenvalue weighted by atomic mass is 19.3. The third-order valence-corrected chi connectivity index (χ3v) is 4.84. The Kier molecular flexibility index (Phi) is 9.46. The summed E-state index contributed by atoms with van der Waals surface area (Å²) in [6.07, 6.45) is 5.32. The van der Waals surface area contributed by atoms with Crippen molar-refractivity contribution in [1.29, 1.82) is 0 Å². The van der Waals surface area contributed by atoms with Gasteiger partial charge in [-0.25, -0.2) is 0 Å². The molecule has 0 unspecified atom stereocenters. The summed E-state index contributed by atoms with van der Waals surface area (Å²) in [7, 11) is 3.11. The maximum absolute atomic E-state index is 12.6. The lowest BCUT2D eigenvalue weighted by atomic mass is 10.0. The van der Waals surface area contributed by atoms with E-state index in [1.165, 1.54) is 26.0 Å². The van der Waals surface area contributed by atoms with Gasteiger partial charge >= 0.3 is 6.61 Å². The fraction of sp³-hybridized carbons (Fsp3) is 0.600. The second-order valence-corrected chi connectivity index (χ2v) is 6.91. The standard InChI is InChI=1S/C20H30F2N4O3/c1-23-20(25-10-9-24-18(27)11-14-5-3-4-6-14)26-13-15-12-16(28-2)7-8-17(15)29-19(21)22/h7-8,12,14,19H,3-6,9-11,13H2,1-2H3,(H,24,27)(H2,23,25,26). The van der Waals surface area contributed by atoms with Crippen LogP contribution in [-0.4, -0.2) is 45.7 Å². The van der Waals surface area contributed by atoms with Crippen molar-refractivity contribution in [1.82, 2.24) is 16.0 Å². The Morgan fingerprint density at radius 3 is 2.59 bits per heavy atom. The summed E-state index contributed by atoms with van der Waals surface area (Å²) in [5.41, 5.74) is 0.512. The number of guanidine groups is 1. The summed E-state index contributed by atoms with van der Waals surface area (Å²) in [4.78, 5) is 16.0. The number of aliphatic imine (C=N–C) groups is 1. The minimum Gasteiger partial charge on any atom is -0.497 e. The largest absolute Gasteiger partial charge is 0.497 e. The minimum absolute atomic E-state index is 0.0722. The van der Waals surface area contributed by atoms with E-state index < -0.39 is 6.61 Å². The summed E-state index contributed by atoms with van der Waals surface area (Å²) in [6, 6.07) is 4.63. The van der Waals surface area contributed by atoms with Gasteiger partial charge in [-0.1, -0.05) is 12.8 Å². The van der Waals surface area contributed by atoms with E-state index in [9.17, 15) is 13.6 Å². The van der Waals surface area contributed by atoms with Crippen LogP contribution in [0.1, 0.15) is 37.7 Å². The zero-order valence-corrected chi connectivity index (χ0v) is 17.0. The molecule has 1 saturated carbocycles. The molecule has 1 aliphatic carbocycles. The number of rotatable bonds is 10. The van der Waals surface area contributed by atoms with Crippen molar-refractivity contribution < 1.29 is 23.0 Å². The van der Waals surface area contributed by atoms with E-state index in [1.807, 2.05) is 0 Å². The molecule has 9 heteroatoms. The van der Waals surface area contributed by atoms with E-state index in [0.29, 0.717) is 42.7 Å². The molecule has 1 fully saturated rings. The van der Waals surface area contributed by atoms with Crippen LogP contribution in [0, 0.1) is 5.92 Å². The Morgan fingerprint density at radius 1 is 1.21 bits per heavy atom. The number of benzene rings is 1. The maximum Gasteiger partial charge on any atom is 0.387 e. The zero-order chi connectivity index (χ0) is 21.1. The van der Waals surface area contributed by atoms with Crippen LogP contribution in [0.15, 0.2) is 23.2 Å². The first kappa shape index (κ1) is 22.7. The van der Waals surface area contributed by atoms with Crippen molar-refractivity contribution >= 4 is 11.9 Å². The van der Waals surface area contributed by atoms with Gasteiger partial charge in [-0.2, -0.15) is 8.78 Å². The SMILES string of the molecule is CN=C(NCCNC(=O)CC1CCCC1)NCc1cc(OC)ccc1OC(F)F. The lowest BCUT2D eigenvalue weighted by molar-refractivity contribution is -0.121. The van der Waals surface area contributed by atoms with Gasteiger partial charge in [-0.05, 0) is 37.0 Å². The molecule has 0 radical (unpaired) electrons. The highest BCUT2D eigenvalue weighted by molar-refractivity contribution is 5.80. The van der Waals surface area contributed by atoms with Crippen LogP contribution >= 0.6 is 0 Å². The van der Waals surface area contributed by atoms with Gasteiger partial charge in [0.2, 0.25) is 5.91 Å². The topological polar surface area (TPSA) is 84.0 Å². The first-order valence-corrected chi connectivity index (χ1v) is 9.84. The second-order valence-electron chi connectivity index (χ2n) is 6.91. The lowest BCUT2D eigenvalue weighted by Crippen LogP contribution is -2.41. The Morgan fingerprint density at radius 2 is 1.93 bits per heavy atom. The number of nitrogens with zero attached hydrogens (tertiary/aromatic N) is 1. The monoisotopic (exact) mass is 412 g/mol. The molecule has 0 heterocycles. The van der Waals surface area contributed by atoms with Crippen molar-refractivity contribution in [3.05, 3.63) is 23.8 Å². The average molecular weight is 412 g/mol. The van der Waals surface area contributed by atoms with Gasteiger partial charge in [0.25, 0.3) is 0 Å². The number of carbonyl (C=O) groups excluding carboxylic acids is 1. The Labute approximate surface area is 170 Å². The molecule has 0 saturated heterocycles. The quantitative estimate of drug-likeness (QED) is 0.313. The lowest BCUT2D eigenvalue weighted by Gasteiger charge is -2.16. The molecule has 3 N–H and O–H groups in total. The van der Waals surface area contributed by atoms with Crippen molar-refractivity contribution in [2.45, 2.75) is 45.3 Å². The van der Waals surface area contributed by atoms with E-state index in [2.05, 4.69) is 25.7 Å².